The molecule has 3 rings (SSSR count). The Morgan fingerprint density at radius 2 is 1.65 bits per heavy atom. The third kappa shape index (κ3) is 6.13. The Bertz CT molecular complexity index is 987. The fourth-order valence-electron chi connectivity index (χ4n) is 3.16. The minimum atomic E-state index is -0.0867. The molecule has 0 aliphatic heterocycles. The van der Waals surface area contributed by atoms with E-state index in [1.165, 1.54) is 5.56 Å². The number of carbonyl (C=O) groups is 1. The lowest BCUT2D eigenvalue weighted by atomic mass is 10.1. The molecule has 3 aromatic rings. The molecule has 0 saturated heterocycles. The summed E-state index contributed by atoms with van der Waals surface area (Å²) in [6, 6.07) is 18.2. The molecule has 0 radical (unpaired) electrons. The Hall–Kier alpha value is -3.22. The largest absolute Gasteiger partial charge is 0.383 e. The molecule has 6 heteroatoms. The summed E-state index contributed by atoms with van der Waals surface area (Å²) in [6.07, 6.45) is 5.37. The summed E-state index contributed by atoms with van der Waals surface area (Å²) in [4.78, 5) is 14.5. The molecular weight excluding hydrogens is 390 g/mol. The highest BCUT2D eigenvalue weighted by molar-refractivity contribution is 5.93. The molecule has 0 N–H and O–H groups in total. The highest BCUT2D eigenvalue weighted by Crippen LogP contribution is 2.25. The van der Waals surface area contributed by atoms with Crippen LogP contribution in [-0.4, -0.2) is 61.1 Å². The van der Waals surface area contributed by atoms with Gasteiger partial charge in [-0.15, -0.1) is 0 Å². The molecule has 31 heavy (non-hydrogen) atoms. The van der Waals surface area contributed by atoms with Crippen molar-refractivity contribution in [2.75, 3.05) is 40.5 Å². The van der Waals surface area contributed by atoms with Gasteiger partial charge in [0.2, 0.25) is 5.91 Å². The highest BCUT2D eigenvalue weighted by Gasteiger charge is 2.13. The van der Waals surface area contributed by atoms with Crippen LogP contribution in [0.25, 0.3) is 23.0 Å². The second kappa shape index (κ2) is 11.2. The van der Waals surface area contributed by atoms with E-state index in [1.54, 1.807) is 25.2 Å². The number of methoxy groups -OCH3 is 2. The zero-order chi connectivity index (χ0) is 22.1. The van der Waals surface area contributed by atoms with Crippen LogP contribution in [0.1, 0.15) is 11.1 Å². The molecule has 0 fully saturated rings. The number of benzene rings is 2. The van der Waals surface area contributed by atoms with Gasteiger partial charge in [0.05, 0.1) is 24.6 Å². The van der Waals surface area contributed by atoms with Gasteiger partial charge in [-0.2, -0.15) is 5.10 Å². The summed E-state index contributed by atoms with van der Waals surface area (Å²) >= 11 is 0. The van der Waals surface area contributed by atoms with E-state index in [9.17, 15) is 4.79 Å². The second-order valence-electron chi connectivity index (χ2n) is 7.22. The van der Waals surface area contributed by atoms with Crippen LogP contribution in [0.5, 0.6) is 0 Å². The minimum absolute atomic E-state index is 0.0867. The van der Waals surface area contributed by atoms with E-state index in [1.807, 2.05) is 47.3 Å². The van der Waals surface area contributed by atoms with Gasteiger partial charge in [0.25, 0.3) is 0 Å². The number of aryl methyl sites for hydroxylation is 1. The molecule has 6 nitrogen and oxygen atoms in total. The average molecular weight is 420 g/mol. The number of nitrogens with zero attached hydrogens (tertiary/aromatic N) is 3. The molecule has 0 spiro atoms. The second-order valence-corrected chi connectivity index (χ2v) is 7.22. The number of amides is 1. The summed E-state index contributed by atoms with van der Waals surface area (Å²) in [5.74, 6) is -0.0867. The van der Waals surface area contributed by atoms with Crippen molar-refractivity contribution < 1.29 is 14.3 Å². The van der Waals surface area contributed by atoms with Gasteiger partial charge in [-0.25, -0.2) is 4.68 Å². The molecular formula is C25H29N3O3. The number of rotatable bonds is 10. The van der Waals surface area contributed by atoms with Gasteiger partial charge in [-0.3, -0.25) is 4.79 Å². The van der Waals surface area contributed by atoms with E-state index in [0.29, 0.717) is 26.3 Å². The lowest BCUT2D eigenvalue weighted by molar-refractivity contribution is -0.127. The lowest BCUT2D eigenvalue weighted by Gasteiger charge is -2.20. The Morgan fingerprint density at radius 3 is 2.26 bits per heavy atom. The van der Waals surface area contributed by atoms with Gasteiger partial charge in [0.15, 0.2) is 0 Å². The first-order chi connectivity index (χ1) is 15.1. The van der Waals surface area contributed by atoms with Crippen LogP contribution < -0.4 is 0 Å². The van der Waals surface area contributed by atoms with Crippen LogP contribution in [0.2, 0.25) is 0 Å². The van der Waals surface area contributed by atoms with E-state index >= 15 is 0 Å². The normalized spacial score (nSPS) is 11.2. The third-order valence-electron chi connectivity index (χ3n) is 4.94. The Morgan fingerprint density at radius 1 is 1.00 bits per heavy atom. The van der Waals surface area contributed by atoms with E-state index in [-0.39, 0.29) is 5.91 Å². The Kier molecular flexibility index (Phi) is 8.15. The summed E-state index contributed by atoms with van der Waals surface area (Å²) in [7, 11) is 3.25. The Labute approximate surface area is 183 Å². The zero-order valence-electron chi connectivity index (χ0n) is 18.3. The molecule has 0 aliphatic carbocycles. The predicted octanol–water partition coefficient (Wildman–Crippen LogP) is 3.98. The summed E-state index contributed by atoms with van der Waals surface area (Å²) < 4.78 is 12.1. The van der Waals surface area contributed by atoms with E-state index in [0.717, 1.165) is 22.5 Å². The summed E-state index contributed by atoms with van der Waals surface area (Å²) in [5.41, 5.74) is 4.85. The van der Waals surface area contributed by atoms with Gasteiger partial charge in [-0.05, 0) is 25.1 Å². The van der Waals surface area contributed by atoms with Crippen molar-refractivity contribution in [1.82, 2.24) is 14.7 Å². The third-order valence-corrected chi connectivity index (χ3v) is 4.94. The van der Waals surface area contributed by atoms with Gasteiger partial charge in [0, 0.05) is 50.7 Å². The van der Waals surface area contributed by atoms with Gasteiger partial charge >= 0.3 is 0 Å². The number of ether oxygens (including phenoxy) is 2. The quantitative estimate of drug-likeness (QED) is 0.467. The van der Waals surface area contributed by atoms with Crippen molar-refractivity contribution in [3.05, 3.63) is 78.0 Å². The molecule has 162 valence electrons. The fraction of sp³-hybridized carbons (Fsp3) is 0.280. The number of para-hydroxylation sites is 1. The van der Waals surface area contributed by atoms with Gasteiger partial charge in [0.1, 0.15) is 0 Å². The molecule has 0 bridgehead atoms. The number of carbonyl (C=O) groups excluding carboxylic acids is 1. The lowest BCUT2D eigenvalue weighted by Crippen LogP contribution is -2.35. The smallest absolute Gasteiger partial charge is 0.246 e. The first-order valence-electron chi connectivity index (χ1n) is 10.3. The monoisotopic (exact) mass is 419 g/mol. The van der Waals surface area contributed by atoms with E-state index in [2.05, 4.69) is 31.2 Å². The molecule has 0 unspecified atom stereocenters. The van der Waals surface area contributed by atoms with Crippen molar-refractivity contribution in [3.8, 4) is 16.9 Å². The standard InChI is InChI=1S/C25H29N3O3/c1-20-9-11-21(12-10-20)25-22(19-28(26-25)23-7-5-4-6-8-23)13-14-24(29)27(15-17-30-2)16-18-31-3/h4-14,19H,15-18H2,1-3H3/b14-13+. The van der Waals surface area contributed by atoms with Crippen molar-refractivity contribution >= 4 is 12.0 Å². The van der Waals surface area contributed by atoms with E-state index in [4.69, 9.17) is 14.6 Å². The van der Waals surface area contributed by atoms with Gasteiger partial charge < -0.3 is 14.4 Å². The van der Waals surface area contributed by atoms with Crippen LogP contribution in [0.4, 0.5) is 0 Å². The van der Waals surface area contributed by atoms with E-state index < -0.39 is 0 Å². The molecule has 1 aromatic heterocycles. The average Bonchev–Trinajstić information content (AvgIpc) is 3.23. The number of aromatic nitrogens is 2. The minimum Gasteiger partial charge on any atom is -0.383 e. The topological polar surface area (TPSA) is 56.6 Å². The fourth-order valence-corrected chi connectivity index (χ4v) is 3.16. The Balaban J connectivity index is 1.91. The first-order valence-corrected chi connectivity index (χ1v) is 10.3. The maximum atomic E-state index is 12.8. The van der Waals surface area contributed by atoms with Crippen LogP contribution in [0, 0.1) is 6.92 Å². The molecule has 0 saturated carbocycles. The summed E-state index contributed by atoms with van der Waals surface area (Å²) in [6.45, 7) is 4.03. The van der Waals surface area contributed by atoms with Gasteiger partial charge in [-0.1, -0.05) is 48.0 Å². The highest BCUT2D eigenvalue weighted by atomic mass is 16.5. The predicted molar refractivity (Wildman–Crippen MR) is 123 cm³/mol. The number of hydrogen-bond acceptors (Lipinski definition) is 4. The molecule has 1 heterocycles. The maximum Gasteiger partial charge on any atom is 0.246 e. The van der Waals surface area contributed by atoms with Crippen LogP contribution in [0.15, 0.2) is 66.9 Å². The van der Waals surface area contributed by atoms with Crippen molar-refractivity contribution in [3.63, 3.8) is 0 Å². The summed E-state index contributed by atoms with van der Waals surface area (Å²) in [5, 5.41) is 4.80. The molecule has 1 amide bonds. The molecule has 0 atom stereocenters. The molecule has 0 aliphatic rings. The first kappa shape index (κ1) is 22.5. The van der Waals surface area contributed by atoms with Crippen molar-refractivity contribution in [1.29, 1.82) is 0 Å². The SMILES string of the molecule is COCCN(CCOC)C(=O)/C=C/c1cn(-c2ccccc2)nc1-c1ccc(C)cc1. The van der Waals surface area contributed by atoms with Crippen molar-refractivity contribution in [2.45, 2.75) is 6.92 Å². The van der Waals surface area contributed by atoms with Crippen LogP contribution >= 0.6 is 0 Å². The maximum absolute atomic E-state index is 12.8. The van der Waals surface area contributed by atoms with Crippen LogP contribution in [-0.2, 0) is 14.3 Å². The van der Waals surface area contributed by atoms with Crippen LogP contribution in [0.3, 0.4) is 0 Å². The van der Waals surface area contributed by atoms with Crippen molar-refractivity contribution in [2.24, 2.45) is 0 Å². The molecule has 2 aromatic carbocycles. The zero-order valence-corrected chi connectivity index (χ0v) is 18.3. The number of hydrogen-bond donors (Lipinski definition) is 0.